The van der Waals surface area contributed by atoms with E-state index in [0.717, 1.165) is 5.92 Å². The molecule has 0 bridgehead atoms. The minimum absolute atomic E-state index is 0.506. The van der Waals surface area contributed by atoms with Gasteiger partial charge in [-0.05, 0) is 55.0 Å². The molecular formula is C14H22N2S. The van der Waals surface area contributed by atoms with Gasteiger partial charge >= 0.3 is 0 Å². The maximum Gasteiger partial charge on any atom is 0.0307 e. The van der Waals surface area contributed by atoms with Crippen molar-refractivity contribution >= 4 is 11.3 Å². The van der Waals surface area contributed by atoms with Gasteiger partial charge in [0.25, 0.3) is 0 Å². The molecular weight excluding hydrogens is 228 g/mol. The van der Waals surface area contributed by atoms with Crippen LogP contribution in [-0.4, -0.2) is 6.04 Å². The summed E-state index contributed by atoms with van der Waals surface area (Å²) in [6.07, 6.45) is 9.46. The molecule has 1 aromatic rings. The number of hydrogen-bond donors (Lipinski definition) is 2. The van der Waals surface area contributed by atoms with Crippen LogP contribution in [0.1, 0.15) is 54.9 Å². The Labute approximate surface area is 108 Å². The second-order valence-corrected chi connectivity index (χ2v) is 6.54. The third-order valence-electron chi connectivity index (χ3n) is 4.63. The average molecular weight is 250 g/mol. The third-order valence-corrected chi connectivity index (χ3v) is 5.63. The van der Waals surface area contributed by atoms with Gasteiger partial charge in [-0.25, -0.2) is 0 Å². The zero-order chi connectivity index (χ0) is 11.7. The highest BCUT2D eigenvalue weighted by molar-refractivity contribution is 7.10. The summed E-state index contributed by atoms with van der Waals surface area (Å²) in [5.41, 5.74) is 4.74. The average Bonchev–Trinajstić information content (AvgIpc) is 3.00. The fraction of sp³-hybridized carbons (Fsp3) is 0.714. The van der Waals surface area contributed by atoms with Crippen LogP contribution in [0.2, 0.25) is 0 Å². The number of aryl methyl sites for hydroxylation is 1. The zero-order valence-electron chi connectivity index (χ0n) is 10.3. The summed E-state index contributed by atoms with van der Waals surface area (Å²) < 4.78 is 0. The Morgan fingerprint density at radius 3 is 2.82 bits per heavy atom. The number of hydrogen-bond acceptors (Lipinski definition) is 3. The second kappa shape index (κ2) is 5.09. The van der Waals surface area contributed by atoms with E-state index in [2.05, 4.69) is 16.9 Å². The third kappa shape index (κ3) is 2.16. The van der Waals surface area contributed by atoms with Gasteiger partial charge in [0, 0.05) is 16.8 Å². The molecule has 3 heteroatoms. The van der Waals surface area contributed by atoms with E-state index in [1.54, 1.807) is 10.4 Å². The van der Waals surface area contributed by atoms with Crippen LogP contribution in [0, 0.1) is 5.92 Å². The van der Waals surface area contributed by atoms with E-state index in [4.69, 9.17) is 5.84 Å². The zero-order valence-corrected chi connectivity index (χ0v) is 11.1. The lowest BCUT2D eigenvalue weighted by Gasteiger charge is -2.34. The first-order valence-electron chi connectivity index (χ1n) is 6.92. The van der Waals surface area contributed by atoms with Gasteiger partial charge in [-0.3, -0.25) is 11.3 Å². The molecule has 2 aliphatic carbocycles. The lowest BCUT2D eigenvalue weighted by atomic mass is 9.77. The van der Waals surface area contributed by atoms with Crippen LogP contribution in [0.5, 0.6) is 0 Å². The van der Waals surface area contributed by atoms with E-state index in [9.17, 15) is 0 Å². The molecule has 3 rings (SSSR count). The van der Waals surface area contributed by atoms with Gasteiger partial charge in [0.1, 0.15) is 0 Å². The van der Waals surface area contributed by atoms with Crippen LogP contribution in [-0.2, 0) is 6.42 Å². The summed E-state index contributed by atoms with van der Waals surface area (Å²) >= 11 is 1.93. The topological polar surface area (TPSA) is 38.0 Å². The Morgan fingerprint density at radius 2 is 2.06 bits per heavy atom. The van der Waals surface area contributed by atoms with Crippen molar-refractivity contribution in [3.8, 4) is 0 Å². The number of nitrogens with one attached hydrogen (secondary N) is 1. The minimum atomic E-state index is 0.506. The number of nitrogens with two attached hydrogens (primary N) is 1. The highest BCUT2D eigenvalue weighted by atomic mass is 32.1. The van der Waals surface area contributed by atoms with E-state index < -0.39 is 0 Å². The molecule has 2 aliphatic rings. The van der Waals surface area contributed by atoms with Crippen molar-refractivity contribution in [1.29, 1.82) is 0 Å². The van der Waals surface area contributed by atoms with Crippen molar-refractivity contribution in [2.45, 2.75) is 56.9 Å². The molecule has 2 unspecified atom stereocenters. The quantitative estimate of drug-likeness (QED) is 0.638. The van der Waals surface area contributed by atoms with Gasteiger partial charge < -0.3 is 0 Å². The number of thiophene rings is 1. The monoisotopic (exact) mass is 250 g/mol. The highest BCUT2D eigenvalue weighted by Crippen LogP contribution is 2.41. The molecule has 94 valence electrons. The van der Waals surface area contributed by atoms with Crippen LogP contribution in [0.15, 0.2) is 11.4 Å². The van der Waals surface area contributed by atoms with E-state index in [1.165, 1.54) is 44.9 Å². The molecule has 1 aromatic heterocycles. The van der Waals surface area contributed by atoms with Crippen LogP contribution in [0.4, 0.5) is 0 Å². The first-order chi connectivity index (χ1) is 8.40. The molecule has 0 saturated heterocycles. The number of rotatable bonds is 3. The summed E-state index contributed by atoms with van der Waals surface area (Å²) in [5, 5.41) is 2.26. The number of fused-ring (bicyclic) bond motifs is 1. The molecule has 0 aliphatic heterocycles. The Morgan fingerprint density at radius 1 is 1.24 bits per heavy atom. The summed E-state index contributed by atoms with van der Waals surface area (Å²) in [4.78, 5) is 1.61. The SMILES string of the molecule is NNC(C1CCCC1)C1CCCc2sccc21. The van der Waals surface area contributed by atoms with Crippen molar-refractivity contribution in [3.63, 3.8) is 0 Å². The van der Waals surface area contributed by atoms with Crippen molar-refractivity contribution in [1.82, 2.24) is 5.43 Å². The molecule has 1 heterocycles. The predicted octanol–water partition coefficient (Wildman–Crippen LogP) is 3.19. The Kier molecular flexibility index (Phi) is 3.50. The second-order valence-electron chi connectivity index (χ2n) is 5.53. The van der Waals surface area contributed by atoms with Gasteiger partial charge in [-0.2, -0.15) is 0 Å². The van der Waals surface area contributed by atoms with Crippen LogP contribution in [0.25, 0.3) is 0 Å². The molecule has 0 spiro atoms. The first kappa shape index (κ1) is 11.7. The van der Waals surface area contributed by atoms with E-state index in [0.29, 0.717) is 12.0 Å². The molecule has 1 fully saturated rings. The van der Waals surface area contributed by atoms with Gasteiger partial charge in [0.05, 0.1) is 0 Å². The van der Waals surface area contributed by atoms with E-state index in [-0.39, 0.29) is 0 Å². The summed E-state index contributed by atoms with van der Waals surface area (Å²) in [7, 11) is 0. The molecule has 2 nitrogen and oxygen atoms in total. The smallest absolute Gasteiger partial charge is 0.0307 e. The lowest BCUT2D eigenvalue weighted by Crippen LogP contribution is -2.45. The highest BCUT2D eigenvalue weighted by Gasteiger charge is 2.34. The Hall–Kier alpha value is -0.380. The standard InChI is InChI=1S/C14H22N2S/c15-16-14(10-4-1-2-5-10)12-6-3-7-13-11(12)8-9-17-13/h8-10,12,14,16H,1-7,15H2. The summed E-state index contributed by atoms with van der Waals surface area (Å²) in [6, 6.07) is 2.84. The van der Waals surface area contributed by atoms with Crippen molar-refractivity contribution in [2.75, 3.05) is 0 Å². The summed E-state index contributed by atoms with van der Waals surface area (Å²) in [6.45, 7) is 0. The van der Waals surface area contributed by atoms with E-state index >= 15 is 0 Å². The fourth-order valence-electron chi connectivity index (χ4n) is 3.79. The van der Waals surface area contributed by atoms with E-state index in [1.807, 2.05) is 11.3 Å². The molecule has 0 amide bonds. The largest absolute Gasteiger partial charge is 0.271 e. The first-order valence-corrected chi connectivity index (χ1v) is 7.80. The van der Waals surface area contributed by atoms with Gasteiger partial charge in [0.15, 0.2) is 0 Å². The lowest BCUT2D eigenvalue weighted by molar-refractivity contribution is 0.293. The van der Waals surface area contributed by atoms with Gasteiger partial charge in [-0.15, -0.1) is 11.3 Å². The normalized spacial score (nSPS) is 27.0. The van der Waals surface area contributed by atoms with Crippen LogP contribution < -0.4 is 11.3 Å². The molecule has 3 N–H and O–H groups in total. The van der Waals surface area contributed by atoms with Crippen molar-refractivity contribution in [3.05, 3.63) is 21.9 Å². The minimum Gasteiger partial charge on any atom is -0.271 e. The fourth-order valence-corrected chi connectivity index (χ4v) is 4.79. The molecule has 0 radical (unpaired) electrons. The molecule has 2 atom stereocenters. The summed E-state index contributed by atoms with van der Waals surface area (Å²) in [5.74, 6) is 7.33. The molecule has 17 heavy (non-hydrogen) atoms. The molecule has 1 saturated carbocycles. The van der Waals surface area contributed by atoms with Crippen LogP contribution in [0.3, 0.4) is 0 Å². The predicted molar refractivity (Wildman–Crippen MR) is 73.1 cm³/mol. The van der Waals surface area contributed by atoms with Gasteiger partial charge in [0.2, 0.25) is 0 Å². The molecule has 0 aromatic carbocycles. The maximum absolute atomic E-state index is 5.86. The number of hydrazine groups is 1. The maximum atomic E-state index is 5.86. The Balaban J connectivity index is 1.83. The van der Waals surface area contributed by atoms with Crippen molar-refractivity contribution < 1.29 is 0 Å². The van der Waals surface area contributed by atoms with Crippen molar-refractivity contribution in [2.24, 2.45) is 11.8 Å². The Bertz CT molecular complexity index is 368. The van der Waals surface area contributed by atoms with Crippen LogP contribution >= 0.6 is 11.3 Å². The van der Waals surface area contributed by atoms with Gasteiger partial charge in [-0.1, -0.05) is 12.8 Å².